The topological polar surface area (TPSA) is 52.4 Å². The Bertz CT molecular complexity index is 117. The minimum atomic E-state index is -0.733. The zero-order valence-corrected chi connectivity index (χ0v) is 8.07. The Kier molecular flexibility index (Phi) is 4.67. The molecule has 4 nitrogen and oxygen atoms in total. The fraction of sp³-hybridized carbons (Fsp3) is 1.00. The van der Waals surface area contributed by atoms with Crippen LogP contribution < -0.4 is 0 Å². The molecular weight excluding hydrogens is 249 g/mol. The number of alkyl halides is 1. The highest BCUT2D eigenvalue weighted by molar-refractivity contribution is 14.1. The van der Waals surface area contributed by atoms with Gasteiger partial charge in [0.05, 0.1) is 0 Å². The molecule has 2 unspecified atom stereocenters. The van der Waals surface area contributed by atoms with Crippen LogP contribution in [0.15, 0.2) is 0 Å². The van der Waals surface area contributed by atoms with Gasteiger partial charge in [-0.3, -0.25) is 0 Å². The van der Waals surface area contributed by atoms with Crippen LogP contribution in [0.5, 0.6) is 0 Å². The summed E-state index contributed by atoms with van der Waals surface area (Å²) in [5.41, 5.74) is 0. The van der Waals surface area contributed by atoms with Gasteiger partial charge in [0.25, 0.3) is 5.09 Å². The number of halogens is 1. The van der Waals surface area contributed by atoms with Crippen LogP contribution in [0, 0.1) is 10.1 Å². The van der Waals surface area contributed by atoms with E-state index in [2.05, 4.69) is 27.4 Å². The molecule has 0 spiro atoms. The highest BCUT2D eigenvalue weighted by Gasteiger charge is 2.15. The first-order chi connectivity index (χ1) is 4.57. The fourth-order valence-corrected chi connectivity index (χ4v) is 1.23. The van der Waals surface area contributed by atoms with Crippen molar-refractivity contribution in [3.05, 3.63) is 10.1 Å². The normalized spacial score (nSPS) is 15.9. The lowest BCUT2D eigenvalue weighted by atomic mass is 10.2. The molecule has 0 aromatic heterocycles. The minimum Gasteiger partial charge on any atom is -0.310 e. The van der Waals surface area contributed by atoms with Crippen LogP contribution in [0.2, 0.25) is 0 Å². The Morgan fingerprint density at radius 3 is 2.40 bits per heavy atom. The molecule has 0 fully saturated rings. The fourth-order valence-electron chi connectivity index (χ4n) is 0.594. The highest BCUT2D eigenvalue weighted by atomic mass is 127. The van der Waals surface area contributed by atoms with E-state index in [-0.39, 0.29) is 10.0 Å². The van der Waals surface area contributed by atoms with E-state index >= 15 is 0 Å². The largest absolute Gasteiger partial charge is 0.310 e. The average Bonchev–Trinajstić information content (AvgIpc) is 1.81. The van der Waals surface area contributed by atoms with E-state index in [0.717, 1.165) is 0 Å². The number of hydrogen-bond acceptors (Lipinski definition) is 3. The molecule has 0 aliphatic carbocycles. The number of hydrogen-bond donors (Lipinski definition) is 0. The van der Waals surface area contributed by atoms with E-state index in [4.69, 9.17) is 0 Å². The third kappa shape index (κ3) is 3.86. The van der Waals surface area contributed by atoms with Gasteiger partial charge in [-0.1, -0.05) is 36.4 Å². The Labute approximate surface area is 73.2 Å². The molecule has 0 aliphatic heterocycles. The molecule has 0 saturated carbocycles. The standard InChI is InChI=1S/C5H10INO3/c1-3-5(4(2)6)10-7(8)9/h4-5H,3H2,1-2H3. The van der Waals surface area contributed by atoms with Gasteiger partial charge in [-0.15, -0.1) is 10.1 Å². The molecule has 0 bridgehead atoms. The Balaban J connectivity index is 3.71. The second kappa shape index (κ2) is 4.70. The predicted molar refractivity (Wildman–Crippen MR) is 45.6 cm³/mol. The lowest BCUT2D eigenvalue weighted by molar-refractivity contribution is -0.768. The second-order valence-corrected chi connectivity index (χ2v) is 3.92. The zero-order chi connectivity index (χ0) is 8.15. The Hall–Kier alpha value is -0.0700. The third-order valence-corrected chi connectivity index (χ3v) is 1.94. The summed E-state index contributed by atoms with van der Waals surface area (Å²) >= 11 is 2.11. The van der Waals surface area contributed by atoms with Crippen LogP contribution in [-0.2, 0) is 4.84 Å². The van der Waals surface area contributed by atoms with Gasteiger partial charge in [0.15, 0.2) is 0 Å². The van der Waals surface area contributed by atoms with Crippen molar-refractivity contribution in [2.24, 2.45) is 0 Å². The lowest BCUT2D eigenvalue weighted by Gasteiger charge is -2.14. The van der Waals surface area contributed by atoms with Gasteiger partial charge < -0.3 is 4.84 Å². The van der Waals surface area contributed by atoms with E-state index in [0.29, 0.717) is 6.42 Å². The van der Waals surface area contributed by atoms with E-state index in [9.17, 15) is 10.1 Å². The van der Waals surface area contributed by atoms with Gasteiger partial charge in [-0.25, -0.2) is 0 Å². The molecule has 10 heavy (non-hydrogen) atoms. The van der Waals surface area contributed by atoms with Gasteiger partial charge in [-0.2, -0.15) is 0 Å². The maximum atomic E-state index is 9.85. The molecule has 0 aromatic carbocycles. The van der Waals surface area contributed by atoms with Crippen molar-refractivity contribution in [2.45, 2.75) is 30.3 Å². The molecule has 5 heteroatoms. The van der Waals surface area contributed by atoms with E-state index in [1.54, 1.807) is 0 Å². The highest BCUT2D eigenvalue weighted by Crippen LogP contribution is 2.12. The molecule has 0 radical (unpaired) electrons. The molecule has 0 amide bonds. The first kappa shape index (κ1) is 9.93. The molecule has 60 valence electrons. The molecular formula is C5H10INO3. The van der Waals surface area contributed by atoms with Crippen molar-refractivity contribution in [1.82, 2.24) is 0 Å². The van der Waals surface area contributed by atoms with Crippen molar-refractivity contribution in [2.75, 3.05) is 0 Å². The van der Waals surface area contributed by atoms with Gasteiger partial charge in [0.1, 0.15) is 6.10 Å². The molecule has 0 saturated heterocycles. The molecule has 0 N–H and O–H groups in total. The van der Waals surface area contributed by atoms with Crippen LogP contribution in [0.3, 0.4) is 0 Å². The van der Waals surface area contributed by atoms with E-state index in [1.807, 2.05) is 13.8 Å². The van der Waals surface area contributed by atoms with Gasteiger partial charge >= 0.3 is 0 Å². The van der Waals surface area contributed by atoms with Crippen LogP contribution in [-0.4, -0.2) is 15.1 Å². The van der Waals surface area contributed by atoms with Crippen molar-refractivity contribution in [1.29, 1.82) is 0 Å². The predicted octanol–water partition coefficient (Wildman–Crippen LogP) is 1.80. The van der Waals surface area contributed by atoms with E-state index < -0.39 is 5.09 Å². The Morgan fingerprint density at radius 1 is 1.80 bits per heavy atom. The quantitative estimate of drug-likeness (QED) is 0.335. The molecule has 0 rings (SSSR count). The van der Waals surface area contributed by atoms with E-state index in [1.165, 1.54) is 0 Å². The van der Waals surface area contributed by atoms with Crippen LogP contribution in [0.25, 0.3) is 0 Å². The van der Waals surface area contributed by atoms with Gasteiger partial charge in [0.2, 0.25) is 0 Å². The first-order valence-electron chi connectivity index (χ1n) is 3.03. The maximum Gasteiger partial charge on any atom is 0.294 e. The van der Waals surface area contributed by atoms with Crippen molar-refractivity contribution in [3.63, 3.8) is 0 Å². The summed E-state index contributed by atoms with van der Waals surface area (Å²) < 4.78 is 0.174. The Morgan fingerprint density at radius 2 is 2.30 bits per heavy atom. The van der Waals surface area contributed by atoms with Crippen molar-refractivity contribution >= 4 is 22.6 Å². The smallest absolute Gasteiger partial charge is 0.294 e. The zero-order valence-electron chi connectivity index (χ0n) is 5.91. The SMILES string of the molecule is CCC(O[N+](=O)[O-])C(C)I. The summed E-state index contributed by atoms with van der Waals surface area (Å²) in [5, 5.41) is 9.12. The van der Waals surface area contributed by atoms with Gasteiger partial charge in [0, 0.05) is 3.92 Å². The summed E-state index contributed by atoms with van der Waals surface area (Å²) in [4.78, 5) is 14.2. The molecule has 0 aliphatic rings. The minimum absolute atomic E-state index is 0.174. The van der Waals surface area contributed by atoms with Gasteiger partial charge in [-0.05, 0) is 6.42 Å². The molecule has 0 heterocycles. The summed E-state index contributed by atoms with van der Waals surface area (Å²) in [6, 6.07) is 0. The van der Waals surface area contributed by atoms with Crippen molar-refractivity contribution < 1.29 is 9.92 Å². The summed E-state index contributed by atoms with van der Waals surface area (Å²) in [6.07, 6.45) is 0.404. The summed E-state index contributed by atoms with van der Waals surface area (Å²) in [7, 11) is 0. The lowest BCUT2D eigenvalue weighted by Crippen LogP contribution is -2.23. The van der Waals surface area contributed by atoms with Crippen LogP contribution >= 0.6 is 22.6 Å². The first-order valence-corrected chi connectivity index (χ1v) is 4.27. The summed E-state index contributed by atoms with van der Waals surface area (Å²) in [5.74, 6) is 0. The van der Waals surface area contributed by atoms with Crippen LogP contribution in [0.4, 0.5) is 0 Å². The summed E-state index contributed by atoms with van der Waals surface area (Å²) in [6.45, 7) is 3.75. The second-order valence-electron chi connectivity index (χ2n) is 1.95. The van der Waals surface area contributed by atoms with Crippen molar-refractivity contribution in [3.8, 4) is 0 Å². The maximum absolute atomic E-state index is 9.85. The molecule has 2 atom stereocenters. The average molecular weight is 259 g/mol. The number of rotatable bonds is 4. The number of nitrogens with zero attached hydrogens (tertiary/aromatic N) is 1. The van der Waals surface area contributed by atoms with Crippen LogP contribution in [0.1, 0.15) is 20.3 Å². The third-order valence-electron chi connectivity index (χ3n) is 1.14. The monoisotopic (exact) mass is 259 g/mol. The molecule has 0 aromatic rings.